The van der Waals surface area contributed by atoms with Gasteiger partial charge in [-0.15, -0.1) is 0 Å². The monoisotopic (exact) mass is 318 g/mol. The van der Waals surface area contributed by atoms with Crippen molar-refractivity contribution in [3.8, 4) is 11.1 Å². The summed E-state index contributed by atoms with van der Waals surface area (Å²) < 4.78 is 0. The molecule has 0 saturated heterocycles. The van der Waals surface area contributed by atoms with E-state index in [1.54, 1.807) is 0 Å². The molecule has 2 aromatic carbocycles. The third-order valence-electron chi connectivity index (χ3n) is 3.96. The lowest BCUT2D eigenvalue weighted by atomic mass is 10.0. The Kier molecular flexibility index (Phi) is 4.52. The van der Waals surface area contributed by atoms with Crippen LogP contribution in [0, 0.1) is 0 Å². The first kappa shape index (κ1) is 16.1. The highest BCUT2D eigenvalue weighted by Crippen LogP contribution is 2.24. The molecular weight excluding hydrogens is 296 g/mol. The van der Waals surface area contributed by atoms with Gasteiger partial charge < -0.3 is 10.3 Å². The standard InChI is InChI=1S/C21H22N2O/c1-14(2)23-21(24)15(3)12-16-4-6-17(7-5-16)18-8-9-20-19(13-18)10-11-22-20/h4-14,22H,1-3H3,(H,23,24). The van der Waals surface area contributed by atoms with Crippen LogP contribution in [-0.2, 0) is 4.79 Å². The average Bonchev–Trinajstić information content (AvgIpc) is 3.02. The summed E-state index contributed by atoms with van der Waals surface area (Å²) in [6.07, 6.45) is 3.87. The van der Waals surface area contributed by atoms with Crippen LogP contribution in [0.4, 0.5) is 0 Å². The summed E-state index contributed by atoms with van der Waals surface area (Å²) in [5.74, 6) is -0.0213. The van der Waals surface area contributed by atoms with E-state index in [9.17, 15) is 4.79 Å². The third kappa shape index (κ3) is 3.57. The second kappa shape index (κ2) is 6.75. The van der Waals surface area contributed by atoms with E-state index in [4.69, 9.17) is 0 Å². The van der Waals surface area contributed by atoms with Crippen molar-refractivity contribution in [3.05, 3.63) is 65.9 Å². The summed E-state index contributed by atoms with van der Waals surface area (Å²) in [5, 5.41) is 4.11. The van der Waals surface area contributed by atoms with E-state index in [-0.39, 0.29) is 11.9 Å². The summed E-state index contributed by atoms with van der Waals surface area (Å²) in [7, 11) is 0. The zero-order valence-corrected chi connectivity index (χ0v) is 14.3. The van der Waals surface area contributed by atoms with Gasteiger partial charge in [-0.3, -0.25) is 4.79 Å². The second-order valence-electron chi connectivity index (χ2n) is 6.36. The van der Waals surface area contributed by atoms with Crippen LogP contribution in [0.3, 0.4) is 0 Å². The van der Waals surface area contributed by atoms with Gasteiger partial charge >= 0.3 is 0 Å². The molecule has 0 radical (unpaired) electrons. The normalized spacial score (nSPS) is 11.9. The highest BCUT2D eigenvalue weighted by atomic mass is 16.1. The molecule has 0 aliphatic carbocycles. The predicted octanol–water partition coefficient (Wildman–Crippen LogP) is 4.76. The number of H-pyrrole nitrogens is 1. The van der Waals surface area contributed by atoms with E-state index >= 15 is 0 Å². The van der Waals surface area contributed by atoms with E-state index in [0.29, 0.717) is 5.57 Å². The number of benzene rings is 2. The quantitative estimate of drug-likeness (QED) is 0.669. The van der Waals surface area contributed by atoms with Crippen molar-refractivity contribution in [2.75, 3.05) is 0 Å². The summed E-state index contributed by atoms with van der Waals surface area (Å²) in [5.41, 5.74) is 5.24. The van der Waals surface area contributed by atoms with Gasteiger partial charge in [-0.25, -0.2) is 0 Å². The Labute approximate surface area is 142 Å². The average molecular weight is 318 g/mol. The molecule has 3 rings (SSSR count). The first-order chi connectivity index (χ1) is 11.5. The van der Waals surface area contributed by atoms with Crippen LogP contribution < -0.4 is 5.32 Å². The van der Waals surface area contributed by atoms with Gasteiger partial charge in [-0.1, -0.05) is 30.3 Å². The van der Waals surface area contributed by atoms with Crippen LogP contribution in [0.5, 0.6) is 0 Å². The molecule has 3 heteroatoms. The molecule has 24 heavy (non-hydrogen) atoms. The highest BCUT2D eigenvalue weighted by Gasteiger charge is 2.06. The van der Waals surface area contributed by atoms with Gasteiger partial charge in [0, 0.05) is 23.3 Å². The Morgan fingerprint density at radius 2 is 1.75 bits per heavy atom. The maximum atomic E-state index is 12.0. The molecule has 1 heterocycles. The molecule has 122 valence electrons. The number of carbonyl (C=O) groups is 1. The number of aromatic amines is 1. The lowest BCUT2D eigenvalue weighted by Crippen LogP contribution is -2.30. The Morgan fingerprint density at radius 3 is 2.46 bits per heavy atom. The SMILES string of the molecule is CC(=Cc1ccc(-c2ccc3[nH]ccc3c2)cc1)C(=O)NC(C)C. The predicted molar refractivity (Wildman–Crippen MR) is 101 cm³/mol. The Bertz CT molecular complexity index is 886. The zero-order chi connectivity index (χ0) is 17.1. The third-order valence-corrected chi connectivity index (χ3v) is 3.96. The van der Waals surface area contributed by atoms with Gasteiger partial charge in [0.05, 0.1) is 0 Å². The van der Waals surface area contributed by atoms with Crippen LogP contribution in [0.15, 0.2) is 60.3 Å². The lowest BCUT2D eigenvalue weighted by molar-refractivity contribution is -0.117. The number of hydrogen-bond acceptors (Lipinski definition) is 1. The number of carbonyl (C=O) groups excluding carboxylic acids is 1. The van der Waals surface area contributed by atoms with E-state index in [0.717, 1.165) is 11.1 Å². The highest BCUT2D eigenvalue weighted by molar-refractivity contribution is 5.97. The number of rotatable bonds is 4. The van der Waals surface area contributed by atoms with Crippen molar-refractivity contribution >= 4 is 22.9 Å². The molecule has 1 amide bonds. The van der Waals surface area contributed by atoms with Gasteiger partial charge in [-0.05, 0) is 67.1 Å². The number of nitrogens with one attached hydrogen (secondary N) is 2. The molecule has 0 atom stereocenters. The Hall–Kier alpha value is -2.81. The Morgan fingerprint density at radius 1 is 1.04 bits per heavy atom. The number of amides is 1. The lowest BCUT2D eigenvalue weighted by Gasteiger charge is -2.08. The summed E-state index contributed by atoms with van der Waals surface area (Å²) in [6, 6.07) is 16.9. The topological polar surface area (TPSA) is 44.9 Å². The minimum Gasteiger partial charge on any atom is -0.361 e. The molecule has 0 spiro atoms. The van der Waals surface area contributed by atoms with Gasteiger partial charge in [0.2, 0.25) is 5.91 Å². The first-order valence-electron chi connectivity index (χ1n) is 8.19. The molecule has 0 bridgehead atoms. The minimum atomic E-state index is -0.0213. The Balaban J connectivity index is 1.81. The second-order valence-corrected chi connectivity index (χ2v) is 6.36. The van der Waals surface area contributed by atoms with Crippen LogP contribution in [0.2, 0.25) is 0 Å². The van der Waals surface area contributed by atoms with E-state index in [2.05, 4.69) is 46.7 Å². The summed E-state index contributed by atoms with van der Waals surface area (Å²) in [4.78, 5) is 15.2. The van der Waals surface area contributed by atoms with Gasteiger partial charge in [0.15, 0.2) is 0 Å². The fourth-order valence-corrected chi connectivity index (χ4v) is 2.70. The van der Waals surface area contributed by atoms with Crippen molar-refractivity contribution in [2.24, 2.45) is 0 Å². The fourth-order valence-electron chi connectivity index (χ4n) is 2.70. The van der Waals surface area contributed by atoms with Crippen LogP contribution in [0.1, 0.15) is 26.3 Å². The molecule has 0 unspecified atom stereocenters. The van der Waals surface area contributed by atoms with Gasteiger partial charge in [0.1, 0.15) is 0 Å². The number of fused-ring (bicyclic) bond motifs is 1. The van der Waals surface area contributed by atoms with Crippen molar-refractivity contribution in [3.63, 3.8) is 0 Å². The molecule has 3 aromatic rings. The van der Waals surface area contributed by atoms with Crippen LogP contribution in [0.25, 0.3) is 28.1 Å². The smallest absolute Gasteiger partial charge is 0.247 e. The maximum Gasteiger partial charge on any atom is 0.247 e. The maximum absolute atomic E-state index is 12.0. The molecule has 1 aromatic heterocycles. The molecule has 3 nitrogen and oxygen atoms in total. The van der Waals surface area contributed by atoms with Crippen molar-refractivity contribution in [2.45, 2.75) is 26.8 Å². The van der Waals surface area contributed by atoms with Crippen LogP contribution >= 0.6 is 0 Å². The van der Waals surface area contributed by atoms with Crippen molar-refractivity contribution in [1.29, 1.82) is 0 Å². The van der Waals surface area contributed by atoms with E-state index in [1.807, 2.05) is 45.2 Å². The molecule has 2 N–H and O–H groups in total. The molecule has 0 aliphatic rings. The van der Waals surface area contributed by atoms with Crippen LogP contribution in [-0.4, -0.2) is 16.9 Å². The fraction of sp³-hybridized carbons (Fsp3) is 0.190. The summed E-state index contributed by atoms with van der Waals surface area (Å²) in [6.45, 7) is 5.76. The van der Waals surface area contributed by atoms with Crippen molar-refractivity contribution < 1.29 is 4.79 Å². The largest absolute Gasteiger partial charge is 0.361 e. The molecular formula is C21H22N2O. The number of aromatic nitrogens is 1. The van der Waals surface area contributed by atoms with Gasteiger partial charge in [0.25, 0.3) is 0 Å². The molecule has 0 fully saturated rings. The summed E-state index contributed by atoms with van der Waals surface area (Å²) >= 11 is 0. The van der Waals surface area contributed by atoms with E-state index < -0.39 is 0 Å². The molecule has 0 saturated carbocycles. The molecule has 0 aliphatic heterocycles. The van der Waals surface area contributed by atoms with Crippen molar-refractivity contribution in [1.82, 2.24) is 10.3 Å². The number of hydrogen-bond donors (Lipinski definition) is 2. The zero-order valence-electron chi connectivity index (χ0n) is 14.3. The minimum absolute atomic E-state index is 0.0213. The van der Waals surface area contributed by atoms with E-state index in [1.165, 1.54) is 16.5 Å². The first-order valence-corrected chi connectivity index (χ1v) is 8.19. The van der Waals surface area contributed by atoms with Gasteiger partial charge in [-0.2, -0.15) is 0 Å².